The quantitative estimate of drug-likeness (QED) is 0.720. The Kier molecular flexibility index (Phi) is 4.84. The molecular weight excluding hydrogens is 212 g/mol. The van der Waals surface area contributed by atoms with Crippen molar-refractivity contribution in [3.8, 4) is 0 Å². The Morgan fingerprint density at radius 2 is 1.82 bits per heavy atom. The third kappa shape index (κ3) is 4.66. The van der Waals surface area contributed by atoms with Crippen LogP contribution in [0.3, 0.4) is 0 Å². The summed E-state index contributed by atoms with van der Waals surface area (Å²) in [4.78, 5) is 11.7. The molecule has 0 aromatic heterocycles. The van der Waals surface area contributed by atoms with Gasteiger partial charge in [-0.25, -0.2) is 0 Å². The van der Waals surface area contributed by atoms with Crippen LogP contribution in [0.4, 0.5) is 0 Å². The summed E-state index contributed by atoms with van der Waals surface area (Å²) in [6.07, 6.45) is 8.90. The second-order valence-electron chi connectivity index (χ2n) is 5.86. The molecule has 0 saturated heterocycles. The molecule has 2 saturated carbocycles. The van der Waals surface area contributed by atoms with E-state index in [1.165, 1.54) is 44.9 Å². The third-order valence-corrected chi connectivity index (χ3v) is 4.19. The maximum Gasteiger partial charge on any atom is 0.234 e. The van der Waals surface area contributed by atoms with Crippen molar-refractivity contribution in [2.45, 2.75) is 57.9 Å². The van der Waals surface area contributed by atoms with E-state index < -0.39 is 0 Å². The van der Waals surface area contributed by atoms with Gasteiger partial charge in [-0.2, -0.15) is 0 Å². The summed E-state index contributed by atoms with van der Waals surface area (Å²) >= 11 is 0. The monoisotopic (exact) mass is 238 g/mol. The topological polar surface area (TPSA) is 41.1 Å². The second-order valence-corrected chi connectivity index (χ2v) is 5.86. The number of carbonyl (C=O) groups is 1. The van der Waals surface area contributed by atoms with Gasteiger partial charge in [-0.05, 0) is 37.6 Å². The smallest absolute Gasteiger partial charge is 0.234 e. The van der Waals surface area contributed by atoms with E-state index in [0.717, 1.165) is 18.4 Å². The highest BCUT2D eigenvalue weighted by Crippen LogP contribution is 2.36. The third-order valence-electron chi connectivity index (χ3n) is 4.19. The number of rotatable bonds is 5. The van der Waals surface area contributed by atoms with Crippen molar-refractivity contribution in [2.75, 3.05) is 13.1 Å². The molecule has 0 spiro atoms. The first kappa shape index (κ1) is 12.9. The molecule has 2 N–H and O–H groups in total. The van der Waals surface area contributed by atoms with Crippen LogP contribution in [0.2, 0.25) is 0 Å². The summed E-state index contributed by atoms with van der Waals surface area (Å²) in [6.45, 7) is 3.79. The lowest BCUT2D eigenvalue weighted by atomic mass is 10.1. The maximum atomic E-state index is 11.7. The molecule has 2 rings (SSSR count). The Balaban J connectivity index is 1.55. The lowest BCUT2D eigenvalue weighted by molar-refractivity contribution is -0.121. The van der Waals surface area contributed by atoms with Crippen LogP contribution in [-0.2, 0) is 4.79 Å². The Morgan fingerprint density at radius 3 is 2.41 bits per heavy atom. The molecule has 3 heteroatoms. The van der Waals surface area contributed by atoms with Crippen molar-refractivity contribution in [3.63, 3.8) is 0 Å². The molecule has 0 radical (unpaired) electrons. The Hall–Kier alpha value is -0.570. The van der Waals surface area contributed by atoms with Gasteiger partial charge in [0.05, 0.1) is 6.54 Å². The molecule has 0 heterocycles. The summed E-state index contributed by atoms with van der Waals surface area (Å²) < 4.78 is 0. The predicted molar refractivity (Wildman–Crippen MR) is 69.8 cm³/mol. The Bertz CT molecular complexity index is 247. The van der Waals surface area contributed by atoms with Gasteiger partial charge in [0.25, 0.3) is 0 Å². The van der Waals surface area contributed by atoms with Crippen LogP contribution in [-0.4, -0.2) is 25.0 Å². The average Bonchev–Trinajstić information content (AvgIpc) is 3.03. The summed E-state index contributed by atoms with van der Waals surface area (Å²) in [6, 6.07) is 0.437. The molecule has 0 bridgehead atoms. The number of hydrogen-bond donors (Lipinski definition) is 2. The Morgan fingerprint density at radius 1 is 1.18 bits per heavy atom. The van der Waals surface area contributed by atoms with Gasteiger partial charge in [0.1, 0.15) is 0 Å². The fraction of sp³-hybridized carbons (Fsp3) is 0.929. The van der Waals surface area contributed by atoms with Crippen LogP contribution in [0, 0.1) is 11.8 Å². The van der Waals surface area contributed by atoms with Crippen LogP contribution in [0.5, 0.6) is 0 Å². The van der Waals surface area contributed by atoms with Crippen LogP contribution < -0.4 is 10.6 Å². The zero-order chi connectivity index (χ0) is 12.1. The first-order valence-corrected chi connectivity index (χ1v) is 7.26. The van der Waals surface area contributed by atoms with Crippen molar-refractivity contribution < 1.29 is 4.79 Å². The fourth-order valence-electron chi connectivity index (χ4n) is 2.76. The van der Waals surface area contributed by atoms with E-state index >= 15 is 0 Å². The van der Waals surface area contributed by atoms with E-state index in [4.69, 9.17) is 0 Å². The van der Waals surface area contributed by atoms with E-state index in [2.05, 4.69) is 17.6 Å². The number of carbonyl (C=O) groups excluding carboxylic acids is 1. The highest BCUT2D eigenvalue weighted by molar-refractivity contribution is 5.78. The molecule has 17 heavy (non-hydrogen) atoms. The van der Waals surface area contributed by atoms with Gasteiger partial charge >= 0.3 is 0 Å². The van der Waals surface area contributed by atoms with Crippen molar-refractivity contribution in [1.29, 1.82) is 0 Å². The molecule has 98 valence electrons. The van der Waals surface area contributed by atoms with E-state index in [1.807, 2.05) is 0 Å². The van der Waals surface area contributed by atoms with E-state index in [9.17, 15) is 4.79 Å². The van der Waals surface area contributed by atoms with E-state index in [1.54, 1.807) is 0 Å². The standard InChI is InChI=1S/C14H26N2O/c1-11-8-12(11)9-15-10-14(17)16-13-6-4-2-3-5-7-13/h11-13,15H,2-10H2,1H3,(H,16,17). The van der Waals surface area contributed by atoms with Gasteiger partial charge in [-0.1, -0.05) is 32.6 Å². The van der Waals surface area contributed by atoms with Crippen molar-refractivity contribution in [3.05, 3.63) is 0 Å². The second kappa shape index (κ2) is 6.39. The van der Waals surface area contributed by atoms with E-state index in [-0.39, 0.29) is 5.91 Å². The lowest BCUT2D eigenvalue weighted by Crippen LogP contribution is -2.40. The molecule has 0 aromatic carbocycles. The van der Waals surface area contributed by atoms with Gasteiger partial charge in [-0.3, -0.25) is 4.79 Å². The summed E-state index contributed by atoms with van der Waals surface area (Å²) in [7, 11) is 0. The highest BCUT2D eigenvalue weighted by atomic mass is 16.1. The number of hydrogen-bond acceptors (Lipinski definition) is 2. The van der Waals surface area contributed by atoms with Crippen LogP contribution in [0.15, 0.2) is 0 Å². The SMILES string of the molecule is CC1CC1CNCC(=O)NC1CCCCCC1. The molecule has 2 atom stereocenters. The summed E-state index contributed by atoms with van der Waals surface area (Å²) in [5.74, 6) is 1.87. The average molecular weight is 238 g/mol. The van der Waals surface area contributed by atoms with Crippen LogP contribution in [0.1, 0.15) is 51.9 Å². The molecule has 3 nitrogen and oxygen atoms in total. The molecular formula is C14H26N2O. The highest BCUT2D eigenvalue weighted by Gasteiger charge is 2.31. The fourth-order valence-corrected chi connectivity index (χ4v) is 2.76. The minimum Gasteiger partial charge on any atom is -0.352 e. The van der Waals surface area contributed by atoms with Gasteiger partial charge < -0.3 is 10.6 Å². The summed E-state index contributed by atoms with van der Waals surface area (Å²) in [5.41, 5.74) is 0. The van der Waals surface area contributed by atoms with Gasteiger partial charge in [0.15, 0.2) is 0 Å². The first-order chi connectivity index (χ1) is 8.25. The number of amides is 1. The molecule has 0 aromatic rings. The van der Waals surface area contributed by atoms with Crippen LogP contribution >= 0.6 is 0 Å². The van der Waals surface area contributed by atoms with Crippen molar-refractivity contribution in [1.82, 2.24) is 10.6 Å². The minimum atomic E-state index is 0.185. The normalized spacial score (nSPS) is 29.7. The van der Waals surface area contributed by atoms with Crippen LogP contribution in [0.25, 0.3) is 0 Å². The predicted octanol–water partition coefficient (Wildman–Crippen LogP) is 2.07. The van der Waals surface area contributed by atoms with Crippen molar-refractivity contribution in [2.24, 2.45) is 11.8 Å². The Labute approximate surface area is 105 Å². The summed E-state index contributed by atoms with van der Waals surface area (Å²) in [5, 5.41) is 6.43. The minimum absolute atomic E-state index is 0.185. The van der Waals surface area contributed by atoms with Crippen molar-refractivity contribution >= 4 is 5.91 Å². The first-order valence-electron chi connectivity index (χ1n) is 7.26. The molecule has 1 amide bonds. The van der Waals surface area contributed by atoms with Gasteiger partial charge in [0.2, 0.25) is 5.91 Å². The largest absolute Gasteiger partial charge is 0.352 e. The zero-order valence-corrected chi connectivity index (χ0v) is 11.0. The lowest BCUT2D eigenvalue weighted by Gasteiger charge is -2.16. The molecule has 2 unspecified atom stereocenters. The van der Waals surface area contributed by atoms with Gasteiger partial charge in [-0.15, -0.1) is 0 Å². The number of nitrogens with one attached hydrogen (secondary N) is 2. The van der Waals surface area contributed by atoms with E-state index in [0.29, 0.717) is 12.6 Å². The molecule has 2 fully saturated rings. The zero-order valence-electron chi connectivity index (χ0n) is 11.0. The maximum absolute atomic E-state index is 11.7. The van der Waals surface area contributed by atoms with Gasteiger partial charge in [0, 0.05) is 6.04 Å². The molecule has 2 aliphatic carbocycles. The molecule has 0 aliphatic heterocycles. The molecule has 2 aliphatic rings.